The minimum absolute atomic E-state index is 0.0691. The van der Waals surface area contributed by atoms with E-state index in [0.29, 0.717) is 0 Å². The molecule has 0 aliphatic rings. The van der Waals surface area contributed by atoms with E-state index in [1.807, 2.05) is 42.5 Å². The van der Waals surface area contributed by atoms with E-state index >= 15 is 0 Å². The normalized spacial score (nSPS) is 11.5. The van der Waals surface area contributed by atoms with Gasteiger partial charge in [-0.2, -0.15) is 0 Å². The van der Waals surface area contributed by atoms with Crippen LogP contribution >= 0.6 is 34.2 Å². The number of halogens is 2. The first-order valence-corrected chi connectivity index (χ1v) is 8.26. The molecular weight excluding hydrogens is 397 g/mol. The van der Waals surface area contributed by atoms with Gasteiger partial charge < -0.3 is 10.1 Å². The molecular formula is C17H19ClINO. The molecule has 0 aromatic heterocycles. The van der Waals surface area contributed by atoms with Crippen molar-refractivity contribution in [2.75, 3.05) is 0 Å². The molecule has 0 bridgehead atoms. The van der Waals surface area contributed by atoms with Crippen molar-refractivity contribution >= 4 is 34.2 Å². The molecule has 0 aliphatic carbocycles. The highest BCUT2D eigenvalue weighted by Crippen LogP contribution is 2.27. The Labute approximate surface area is 145 Å². The number of rotatable bonds is 4. The first kappa shape index (κ1) is 16.6. The van der Waals surface area contributed by atoms with Gasteiger partial charge in [-0.3, -0.25) is 0 Å². The molecule has 2 rings (SSSR count). The molecule has 0 saturated heterocycles. The summed E-state index contributed by atoms with van der Waals surface area (Å²) in [7, 11) is 0. The van der Waals surface area contributed by atoms with E-state index in [4.69, 9.17) is 16.3 Å². The van der Waals surface area contributed by atoms with Gasteiger partial charge in [-0.05, 0) is 85.3 Å². The molecule has 0 saturated carbocycles. The van der Waals surface area contributed by atoms with Crippen molar-refractivity contribution in [2.45, 2.75) is 32.9 Å². The predicted octanol–water partition coefficient (Wildman–Crippen LogP) is 5.63. The molecule has 1 N–H and O–H groups in total. The van der Waals surface area contributed by atoms with Crippen LogP contribution in [0.15, 0.2) is 42.5 Å². The molecule has 0 heterocycles. The van der Waals surface area contributed by atoms with E-state index in [1.54, 1.807) is 0 Å². The van der Waals surface area contributed by atoms with Crippen LogP contribution < -0.4 is 10.1 Å². The minimum atomic E-state index is 0.0691. The van der Waals surface area contributed by atoms with Crippen molar-refractivity contribution in [3.63, 3.8) is 0 Å². The average molecular weight is 416 g/mol. The predicted molar refractivity (Wildman–Crippen MR) is 97.3 cm³/mol. The molecule has 2 aromatic carbocycles. The van der Waals surface area contributed by atoms with Gasteiger partial charge in [-0.25, -0.2) is 0 Å². The van der Waals surface area contributed by atoms with E-state index in [2.05, 4.69) is 48.7 Å². The van der Waals surface area contributed by atoms with Crippen molar-refractivity contribution < 1.29 is 4.74 Å². The number of benzene rings is 2. The molecule has 2 nitrogen and oxygen atoms in total. The second kappa shape index (κ2) is 6.99. The SMILES string of the molecule is CC(C)(C)NCc1ccc(Oc2ccc(I)cc2)cc1Cl. The zero-order valence-corrected chi connectivity index (χ0v) is 15.3. The minimum Gasteiger partial charge on any atom is -0.457 e. The summed E-state index contributed by atoms with van der Waals surface area (Å²) < 4.78 is 6.99. The van der Waals surface area contributed by atoms with Crippen LogP contribution in [0.3, 0.4) is 0 Å². The van der Waals surface area contributed by atoms with Crippen LogP contribution in [-0.2, 0) is 6.54 Å². The van der Waals surface area contributed by atoms with Crippen LogP contribution in [0.5, 0.6) is 11.5 Å². The van der Waals surface area contributed by atoms with Crippen molar-refractivity contribution in [1.82, 2.24) is 5.32 Å². The summed E-state index contributed by atoms with van der Waals surface area (Å²) in [4.78, 5) is 0. The summed E-state index contributed by atoms with van der Waals surface area (Å²) in [5, 5.41) is 4.15. The molecule has 21 heavy (non-hydrogen) atoms. The van der Waals surface area contributed by atoms with Crippen molar-refractivity contribution in [3.8, 4) is 11.5 Å². The van der Waals surface area contributed by atoms with E-state index < -0.39 is 0 Å². The Morgan fingerprint density at radius 3 is 2.24 bits per heavy atom. The quantitative estimate of drug-likeness (QED) is 0.654. The van der Waals surface area contributed by atoms with Crippen LogP contribution in [0.1, 0.15) is 26.3 Å². The van der Waals surface area contributed by atoms with Gasteiger partial charge in [0, 0.05) is 20.7 Å². The third kappa shape index (κ3) is 5.49. The second-order valence-electron chi connectivity index (χ2n) is 5.91. The number of hydrogen-bond donors (Lipinski definition) is 1. The second-order valence-corrected chi connectivity index (χ2v) is 7.57. The molecule has 4 heteroatoms. The first-order chi connectivity index (χ1) is 9.83. The Balaban J connectivity index is 2.06. The highest BCUT2D eigenvalue weighted by molar-refractivity contribution is 14.1. The summed E-state index contributed by atoms with van der Waals surface area (Å²) >= 11 is 8.60. The van der Waals surface area contributed by atoms with Crippen LogP contribution in [-0.4, -0.2) is 5.54 Å². The maximum absolute atomic E-state index is 6.33. The van der Waals surface area contributed by atoms with Gasteiger partial charge in [0.25, 0.3) is 0 Å². The van der Waals surface area contributed by atoms with Gasteiger partial charge in [-0.1, -0.05) is 17.7 Å². The van der Waals surface area contributed by atoms with Gasteiger partial charge in [0.05, 0.1) is 0 Å². The lowest BCUT2D eigenvalue weighted by Gasteiger charge is -2.21. The molecule has 112 valence electrons. The fourth-order valence-corrected chi connectivity index (χ4v) is 2.33. The summed E-state index contributed by atoms with van der Waals surface area (Å²) in [5.74, 6) is 1.56. The van der Waals surface area contributed by atoms with Crippen LogP contribution in [0, 0.1) is 3.57 Å². The van der Waals surface area contributed by atoms with Crippen LogP contribution in [0.4, 0.5) is 0 Å². The zero-order valence-electron chi connectivity index (χ0n) is 12.4. The highest BCUT2D eigenvalue weighted by Gasteiger charge is 2.10. The molecule has 0 aliphatic heterocycles. The van der Waals surface area contributed by atoms with Gasteiger partial charge >= 0.3 is 0 Å². The molecule has 2 aromatic rings. The molecule has 0 amide bonds. The maximum Gasteiger partial charge on any atom is 0.128 e. The summed E-state index contributed by atoms with van der Waals surface area (Å²) in [6, 6.07) is 13.7. The summed E-state index contributed by atoms with van der Waals surface area (Å²) in [6.07, 6.45) is 0. The number of nitrogens with one attached hydrogen (secondary N) is 1. The van der Waals surface area contributed by atoms with Gasteiger partial charge in [0.2, 0.25) is 0 Å². The van der Waals surface area contributed by atoms with Crippen LogP contribution in [0.25, 0.3) is 0 Å². The van der Waals surface area contributed by atoms with E-state index in [-0.39, 0.29) is 5.54 Å². The lowest BCUT2D eigenvalue weighted by Crippen LogP contribution is -2.35. The highest BCUT2D eigenvalue weighted by atomic mass is 127. The third-order valence-electron chi connectivity index (χ3n) is 2.88. The molecule has 0 unspecified atom stereocenters. The van der Waals surface area contributed by atoms with Crippen molar-refractivity contribution in [1.29, 1.82) is 0 Å². The first-order valence-electron chi connectivity index (χ1n) is 6.80. The topological polar surface area (TPSA) is 21.3 Å². The number of ether oxygens (including phenoxy) is 1. The lowest BCUT2D eigenvalue weighted by molar-refractivity contribution is 0.424. The largest absolute Gasteiger partial charge is 0.457 e. The maximum atomic E-state index is 6.33. The summed E-state index contributed by atoms with van der Waals surface area (Å²) in [6.45, 7) is 7.14. The number of hydrogen-bond acceptors (Lipinski definition) is 2. The van der Waals surface area contributed by atoms with E-state index in [0.717, 1.165) is 28.6 Å². The molecule has 0 atom stereocenters. The Hall–Kier alpha value is -0.780. The third-order valence-corrected chi connectivity index (χ3v) is 3.95. The summed E-state index contributed by atoms with van der Waals surface area (Å²) in [5.41, 5.74) is 1.14. The smallest absolute Gasteiger partial charge is 0.128 e. The lowest BCUT2D eigenvalue weighted by atomic mass is 10.1. The molecule has 0 spiro atoms. The van der Waals surface area contributed by atoms with Gasteiger partial charge in [0.1, 0.15) is 11.5 Å². The fraction of sp³-hybridized carbons (Fsp3) is 0.294. The standard InChI is InChI=1S/C17H19ClINO/c1-17(2,3)20-11-12-4-7-15(10-16(12)18)21-14-8-5-13(19)6-9-14/h4-10,20H,11H2,1-3H3. The Bertz CT molecular complexity index is 605. The van der Waals surface area contributed by atoms with Gasteiger partial charge in [-0.15, -0.1) is 0 Å². The Morgan fingerprint density at radius 2 is 1.67 bits per heavy atom. The average Bonchev–Trinajstić information content (AvgIpc) is 2.39. The van der Waals surface area contributed by atoms with Crippen molar-refractivity contribution in [2.24, 2.45) is 0 Å². The Morgan fingerprint density at radius 1 is 1.05 bits per heavy atom. The van der Waals surface area contributed by atoms with Crippen LogP contribution in [0.2, 0.25) is 5.02 Å². The van der Waals surface area contributed by atoms with Crippen molar-refractivity contribution in [3.05, 3.63) is 56.6 Å². The molecule has 0 fully saturated rings. The van der Waals surface area contributed by atoms with Gasteiger partial charge in [0.15, 0.2) is 0 Å². The van der Waals surface area contributed by atoms with E-state index in [9.17, 15) is 0 Å². The Kier molecular flexibility index (Phi) is 5.52. The monoisotopic (exact) mass is 415 g/mol. The fourth-order valence-electron chi connectivity index (χ4n) is 1.73. The van der Waals surface area contributed by atoms with E-state index in [1.165, 1.54) is 3.57 Å². The molecule has 0 radical (unpaired) electrons. The zero-order chi connectivity index (χ0) is 15.5.